The van der Waals surface area contributed by atoms with Crippen molar-refractivity contribution in [3.05, 3.63) is 30.3 Å². The molecule has 0 spiro atoms. The average Bonchev–Trinajstić information content (AvgIpc) is 2.18. The lowest BCUT2D eigenvalue weighted by Gasteiger charge is -2.08. The van der Waals surface area contributed by atoms with E-state index >= 15 is 0 Å². The Hall–Kier alpha value is -1.84. The van der Waals surface area contributed by atoms with Crippen LogP contribution in [0.4, 0.5) is 0 Å². The number of hydrogen-bond donors (Lipinski definition) is 1. The van der Waals surface area contributed by atoms with E-state index in [-0.39, 0.29) is 6.42 Å². The minimum atomic E-state index is -1.01. The quantitative estimate of drug-likeness (QED) is 0.604. The largest absolute Gasteiger partial charge is 0.481 e. The van der Waals surface area contributed by atoms with Gasteiger partial charge in [0.05, 0.1) is 12.3 Å². The van der Waals surface area contributed by atoms with Crippen LogP contribution in [0.15, 0.2) is 30.3 Å². The number of para-hydroxylation sites is 1. The van der Waals surface area contributed by atoms with E-state index in [4.69, 9.17) is 9.84 Å². The van der Waals surface area contributed by atoms with Crippen LogP contribution in [0.1, 0.15) is 13.3 Å². The summed E-state index contributed by atoms with van der Waals surface area (Å²) in [5, 5.41) is 8.49. The molecule has 0 aliphatic rings. The molecule has 1 aromatic carbocycles. The molecule has 0 saturated carbocycles. The van der Waals surface area contributed by atoms with Gasteiger partial charge >= 0.3 is 11.9 Å². The van der Waals surface area contributed by atoms with E-state index in [0.29, 0.717) is 5.75 Å². The van der Waals surface area contributed by atoms with Gasteiger partial charge in [-0.2, -0.15) is 0 Å². The predicted octanol–water partition coefficient (Wildman–Crippen LogP) is 1.70. The Balaban J connectivity index is 2.52. The fraction of sp³-hybridized carbons (Fsp3) is 0.273. The molecule has 0 heterocycles. The van der Waals surface area contributed by atoms with Gasteiger partial charge in [-0.25, -0.2) is 0 Å². The Morgan fingerprint density at radius 1 is 1.33 bits per heavy atom. The third-order valence-electron chi connectivity index (χ3n) is 1.84. The van der Waals surface area contributed by atoms with Gasteiger partial charge in [-0.1, -0.05) is 25.1 Å². The van der Waals surface area contributed by atoms with Crippen molar-refractivity contribution >= 4 is 11.9 Å². The minimum Gasteiger partial charge on any atom is -0.481 e. The molecule has 1 aromatic rings. The van der Waals surface area contributed by atoms with Crippen molar-refractivity contribution in [1.29, 1.82) is 0 Å². The van der Waals surface area contributed by atoms with Crippen molar-refractivity contribution in [2.24, 2.45) is 5.92 Å². The molecule has 4 nitrogen and oxygen atoms in total. The molecular weight excluding hydrogens is 196 g/mol. The molecule has 0 bridgehead atoms. The molecule has 0 saturated heterocycles. The summed E-state index contributed by atoms with van der Waals surface area (Å²) >= 11 is 0. The maximum atomic E-state index is 11.4. The number of carbonyl (C=O) groups excluding carboxylic acids is 1. The zero-order valence-corrected chi connectivity index (χ0v) is 8.34. The van der Waals surface area contributed by atoms with Crippen LogP contribution < -0.4 is 4.74 Å². The zero-order chi connectivity index (χ0) is 11.3. The molecule has 1 unspecified atom stereocenters. The molecule has 1 rings (SSSR count). The maximum absolute atomic E-state index is 11.4. The van der Waals surface area contributed by atoms with Crippen molar-refractivity contribution in [1.82, 2.24) is 0 Å². The van der Waals surface area contributed by atoms with Gasteiger partial charge < -0.3 is 9.84 Å². The summed E-state index contributed by atoms with van der Waals surface area (Å²) in [6.45, 7) is 1.53. The van der Waals surface area contributed by atoms with Crippen molar-refractivity contribution in [3.63, 3.8) is 0 Å². The van der Waals surface area contributed by atoms with E-state index in [0.717, 1.165) is 0 Å². The summed E-state index contributed by atoms with van der Waals surface area (Å²) in [6.07, 6.45) is -0.217. The molecule has 80 valence electrons. The van der Waals surface area contributed by atoms with E-state index in [2.05, 4.69) is 0 Å². The third kappa shape index (κ3) is 3.81. The first-order chi connectivity index (χ1) is 7.09. The topological polar surface area (TPSA) is 63.6 Å². The molecule has 0 aromatic heterocycles. The SMILES string of the molecule is CC(CC(=O)O)C(=O)Oc1ccccc1. The molecule has 0 fully saturated rings. The molecule has 0 radical (unpaired) electrons. The van der Waals surface area contributed by atoms with Crippen LogP contribution >= 0.6 is 0 Å². The minimum absolute atomic E-state index is 0.217. The second kappa shape index (κ2) is 5.14. The van der Waals surface area contributed by atoms with E-state index in [9.17, 15) is 9.59 Å². The van der Waals surface area contributed by atoms with Gasteiger partial charge in [0, 0.05) is 0 Å². The Morgan fingerprint density at radius 2 is 1.93 bits per heavy atom. The first-order valence-electron chi connectivity index (χ1n) is 4.58. The first-order valence-corrected chi connectivity index (χ1v) is 4.58. The Morgan fingerprint density at radius 3 is 2.47 bits per heavy atom. The molecule has 0 amide bonds. The Labute approximate surface area is 87.5 Å². The summed E-state index contributed by atoms with van der Waals surface area (Å²) in [4.78, 5) is 21.7. The molecular formula is C11H12O4. The fourth-order valence-corrected chi connectivity index (χ4v) is 1.05. The van der Waals surface area contributed by atoms with Gasteiger partial charge in [-0.3, -0.25) is 9.59 Å². The number of carbonyl (C=O) groups is 2. The molecule has 0 aliphatic heterocycles. The van der Waals surface area contributed by atoms with Crippen molar-refractivity contribution in [2.45, 2.75) is 13.3 Å². The second-order valence-electron chi connectivity index (χ2n) is 3.23. The summed E-state index contributed by atoms with van der Waals surface area (Å²) in [5.74, 6) is -1.74. The Bertz CT molecular complexity index is 345. The number of aliphatic carboxylic acids is 1. The monoisotopic (exact) mass is 208 g/mol. The molecule has 1 atom stereocenters. The van der Waals surface area contributed by atoms with Crippen LogP contribution in [0, 0.1) is 5.92 Å². The number of ether oxygens (including phenoxy) is 1. The summed E-state index contributed by atoms with van der Waals surface area (Å²) in [7, 11) is 0. The number of benzene rings is 1. The summed E-state index contributed by atoms with van der Waals surface area (Å²) in [6, 6.07) is 8.57. The number of rotatable bonds is 4. The standard InChI is InChI=1S/C11H12O4/c1-8(7-10(12)13)11(14)15-9-5-3-2-4-6-9/h2-6,8H,7H2,1H3,(H,12,13). The molecule has 4 heteroatoms. The highest BCUT2D eigenvalue weighted by molar-refractivity contribution is 5.80. The molecule has 0 aliphatic carbocycles. The first kappa shape index (κ1) is 11.2. The van der Waals surface area contributed by atoms with Crippen LogP contribution in [0.5, 0.6) is 5.75 Å². The van der Waals surface area contributed by atoms with Crippen molar-refractivity contribution in [3.8, 4) is 5.75 Å². The second-order valence-corrected chi connectivity index (χ2v) is 3.23. The lowest BCUT2D eigenvalue weighted by Crippen LogP contribution is -2.20. The van der Waals surface area contributed by atoms with Gasteiger partial charge in [0.15, 0.2) is 0 Å². The van der Waals surface area contributed by atoms with Crippen LogP contribution in [-0.4, -0.2) is 17.0 Å². The number of hydrogen-bond acceptors (Lipinski definition) is 3. The van der Waals surface area contributed by atoms with Crippen molar-refractivity contribution < 1.29 is 19.4 Å². The maximum Gasteiger partial charge on any atom is 0.314 e. The van der Waals surface area contributed by atoms with Gasteiger partial charge in [0.1, 0.15) is 5.75 Å². The fourth-order valence-electron chi connectivity index (χ4n) is 1.05. The summed E-state index contributed by atoms with van der Waals surface area (Å²) in [5.41, 5.74) is 0. The zero-order valence-electron chi connectivity index (χ0n) is 8.34. The van der Waals surface area contributed by atoms with Crippen LogP contribution in [0.2, 0.25) is 0 Å². The molecule has 15 heavy (non-hydrogen) atoms. The van der Waals surface area contributed by atoms with E-state index in [1.807, 2.05) is 0 Å². The van der Waals surface area contributed by atoms with Crippen LogP contribution in [0.25, 0.3) is 0 Å². The summed E-state index contributed by atoms with van der Waals surface area (Å²) < 4.78 is 4.97. The highest BCUT2D eigenvalue weighted by Gasteiger charge is 2.18. The molecule has 1 N–H and O–H groups in total. The third-order valence-corrected chi connectivity index (χ3v) is 1.84. The van der Waals surface area contributed by atoms with E-state index in [1.165, 1.54) is 6.92 Å². The predicted molar refractivity (Wildman–Crippen MR) is 53.5 cm³/mol. The Kier molecular flexibility index (Phi) is 3.85. The van der Waals surface area contributed by atoms with Crippen molar-refractivity contribution in [2.75, 3.05) is 0 Å². The highest BCUT2D eigenvalue weighted by Crippen LogP contribution is 2.12. The van der Waals surface area contributed by atoms with Crippen LogP contribution in [0.3, 0.4) is 0 Å². The number of carboxylic acids is 1. The van der Waals surface area contributed by atoms with E-state index in [1.54, 1.807) is 30.3 Å². The normalized spacial score (nSPS) is 11.8. The highest BCUT2D eigenvalue weighted by atomic mass is 16.5. The lowest BCUT2D eigenvalue weighted by atomic mass is 10.1. The lowest BCUT2D eigenvalue weighted by molar-refractivity contribution is -0.145. The number of esters is 1. The van der Waals surface area contributed by atoms with Crippen LogP contribution in [-0.2, 0) is 9.59 Å². The van der Waals surface area contributed by atoms with Gasteiger partial charge in [0.2, 0.25) is 0 Å². The van der Waals surface area contributed by atoms with Gasteiger partial charge in [-0.05, 0) is 12.1 Å². The van der Waals surface area contributed by atoms with Gasteiger partial charge in [-0.15, -0.1) is 0 Å². The average molecular weight is 208 g/mol. The number of carboxylic acid groups (broad SMARTS) is 1. The smallest absolute Gasteiger partial charge is 0.314 e. The van der Waals surface area contributed by atoms with E-state index < -0.39 is 17.9 Å². The van der Waals surface area contributed by atoms with Gasteiger partial charge in [0.25, 0.3) is 0 Å².